The quantitative estimate of drug-likeness (QED) is 0.200. The summed E-state index contributed by atoms with van der Waals surface area (Å²) in [7, 11) is 1.56. The van der Waals surface area contributed by atoms with Crippen LogP contribution in [0.2, 0.25) is 0 Å². The zero-order chi connectivity index (χ0) is 24.9. The van der Waals surface area contributed by atoms with Gasteiger partial charge in [-0.1, -0.05) is 12.7 Å². The first kappa shape index (κ1) is 23.6. The summed E-state index contributed by atoms with van der Waals surface area (Å²) < 4.78 is 21.2. The lowest BCUT2D eigenvalue weighted by Gasteiger charge is -2.14. The molecule has 0 atom stereocenters. The smallest absolute Gasteiger partial charge is 0.231 e. The molecule has 0 fully saturated rings. The Morgan fingerprint density at radius 3 is 2.31 bits per heavy atom. The first-order valence-electron chi connectivity index (χ1n) is 10.8. The van der Waals surface area contributed by atoms with Crippen LogP contribution in [0.4, 0.5) is 5.69 Å². The Bertz CT molecular complexity index is 1320. The second-order valence-electron chi connectivity index (χ2n) is 7.65. The van der Waals surface area contributed by atoms with Gasteiger partial charge < -0.3 is 23.9 Å². The summed E-state index contributed by atoms with van der Waals surface area (Å²) in [6.07, 6.45) is 2.70. The highest BCUT2D eigenvalue weighted by atomic mass is 16.7. The van der Waals surface area contributed by atoms with E-state index in [1.54, 1.807) is 50.4 Å². The van der Waals surface area contributed by atoms with Crippen molar-refractivity contribution in [3.63, 3.8) is 0 Å². The van der Waals surface area contributed by atoms with E-state index < -0.39 is 11.6 Å². The predicted molar refractivity (Wildman–Crippen MR) is 129 cm³/mol. The maximum Gasteiger partial charge on any atom is 0.231 e. The molecule has 1 aliphatic rings. The fraction of sp³-hybridized carbons (Fsp3) is 0.148. The molecule has 178 valence electrons. The molecule has 0 radical (unpaired) electrons. The summed E-state index contributed by atoms with van der Waals surface area (Å²) in [5.74, 6) is 0.0921. The summed E-state index contributed by atoms with van der Waals surface area (Å²) in [5.41, 5.74) is 1.44. The number of methoxy groups -OCH3 is 1. The van der Waals surface area contributed by atoms with E-state index in [4.69, 9.17) is 18.6 Å². The SMILES string of the molecule is C=C(CC(=O)Nc1ccc(OC)cc1)c1cc2c(cc1C(=O)C(=CC)C(=O)c1ccco1)OCO2. The second-order valence-corrected chi connectivity index (χ2v) is 7.65. The third-order valence-electron chi connectivity index (χ3n) is 5.41. The van der Waals surface area contributed by atoms with Crippen LogP contribution in [0.5, 0.6) is 17.2 Å². The number of allylic oxidation sites excluding steroid dienone is 2. The van der Waals surface area contributed by atoms with Crippen LogP contribution in [0.15, 0.2) is 77.4 Å². The Morgan fingerprint density at radius 1 is 1.03 bits per heavy atom. The third kappa shape index (κ3) is 5.01. The molecular formula is C27H23NO7. The van der Waals surface area contributed by atoms with Crippen molar-refractivity contribution in [2.45, 2.75) is 13.3 Å². The highest BCUT2D eigenvalue weighted by Gasteiger charge is 2.28. The minimum atomic E-state index is -0.547. The van der Waals surface area contributed by atoms with E-state index in [0.29, 0.717) is 34.1 Å². The molecule has 1 N–H and O–H groups in total. The highest BCUT2D eigenvalue weighted by Crippen LogP contribution is 2.38. The van der Waals surface area contributed by atoms with Gasteiger partial charge in [0.1, 0.15) is 5.75 Å². The topological polar surface area (TPSA) is 104 Å². The number of furan rings is 1. The van der Waals surface area contributed by atoms with Gasteiger partial charge in [0, 0.05) is 11.3 Å². The molecule has 8 heteroatoms. The predicted octanol–water partition coefficient (Wildman–Crippen LogP) is 5.07. The van der Waals surface area contributed by atoms with E-state index in [-0.39, 0.29) is 36.0 Å². The number of hydrogen-bond donors (Lipinski definition) is 1. The maximum absolute atomic E-state index is 13.5. The third-order valence-corrected chi connectivity index (χ3v) is 5.41. The molecule has 1 aliphatic heterocycles. The van der Waals surface area contributed by atoms with Crippen LogP contribution >= 0.6 is 0 Å². The molecule has 0 aliphatic carbocycles. The molecule has 1 amide bonds. The lowest BCUT2D eigenvalue weighted by molar-refractivity contribution is -0.115. The van der Waals surface area contributed by atoms with Crippen LogP contribution < -0.4 is 19.5 Å². The summed E-state index contributed by atoms with van der Waals surface area (Å²) in [6, 6.07) is 13.1. The number of amides is 1. The zero-order valence-corrected chi connectivity index (χ0v) is 19.3. The number of hydrogen-bond acceptors (Lipinski definition) is 7. The minimum absolute atomic E-state index is 0.00134. The van der Waals surface area contributed by atoms with Gasteiger partial charge in [0.2, 0.25) is 18.5 Å². The van der Waals surface area contributed by atoms with E-state index in [1.165, 1.54) is 24.5 Å². The van der Waals surface area contributed by atoms with E-state index in [1.807, 2.05) is 0 Å². The molecule has 0 bridgehead atoms. The van der Waals surface area contributed by atoms with Gasteiger partial charge in [-0.25, -0.2) is 0 Å². The van der Waals surface area contributed by atoms with E-state index >= 15 is 0 Å². The van der Waals surface area contributed by atoms with E-state index in [2.05, 4.69) is 11.9 Å². The Labute approximate surface area is 201 Å². The van der Waals surface area contributed by atoms with Gasteiger partial charge in [0.25, 0.3) is 0 Å². The number of benzene rings is 2. The zero-order valence-electron chi connectivity index (χ0n) is 19.3. The van der Waals surface area contributed by atoms with Crippen molar-refractivity contribution < 1.29 is 33.0 Å². The van der Waals surface area contributed by atoms with Crippen molar-refractivity contribution in [3.8, 4) is 17.2 Å². The molecule has 0 saturated heterocycles. The lowest BCUT2D eigenvalue weighted by Crippen LogP contribution is -2.16. The van der Waals surface area contributed by atoms with Crippen LogP contribution in [-0.4, -0.2) is 31.4 Å². The number of ether oxygens (including phenoxy) is 3. The van der Waals surface area contributed by atoms with Crippen LogP contribution in [-0.2, 0) is 4.79 Å². The molecule has 0 saturated carbocycles. The molecule has 0 unspecified atom stereocenters. The number of carbonyl (C=O) groups is 3. The Balaban J connectivity index is 1.60. The molecule has 1 aromatic heterocycles. The fourth-order valence-electron chi connectivity index (χ4n) is 3.64. The molecule has 2 heterocycles. The lowest BCUT2D eigenvalue weighted by atomic mass is 9.90. The van der Waals surface area contributed by atoms with Crippen molar-refractivity contribution in [1.29, 1.82) is 0 Å². The monoisotopic (exact) mass is 473 g/mol. The van der Waals surface area contributed by atoms with Crippen LogP contribution in [0, 0.1) is 0 Å². The normalized spacial score (nSPS) is 12.2. The molecule has 35 heavy (non-hydrogen) atoms. The molecule has 2 aromatic carbocycles. The molecule has 3 aromatic rings. The molecule has 0 spiro atoms. The summed E-state index contributed by atoms with van der Waals surface area (Å²) in [5, 5.41) is 2.79. The van der Waals surface area contributed by atoms with Gasteiger partial charge in [-0.2, -0.15) is 0 Å². The maximum atomic E-state index is 13.5. The number of rotatable bonds is 9. The van der Waals surface area contributed by atoms with Gasteiger partial charge in [-0.3, -0.25) is 14.4 Å². The summed E-state index contributed by atoms with van der Waals surface area (Å²) in [4.78, 5) is 39.1. The summed E-state index contributed by atoms with van der Waals surface area (Å²) in [6.45, 7) is 5.62. The van der Waals surface area contributed by atoms with Crippen molar-refractivity contribution >= 4 is 28.7 Å². The van der Waals surface area contributed by atoms with Crippen molar-refractivity contribution in [3.05, 3.63) is 89.9 Å². The number of anilines is 1. The first-order chi connectivity index (χ1) is 16.9. The van der Waals surface area contributed by atoms with Gasteiger partial charge in [0.15, 0.2) is 23.0 Å². The molecule has 4 rings (SSSR count). The number of carbonyl (C=O) groups excluding carboxylic acids is 3. The fourth-order valence-corrected chi connectivity index (χ4v) is 3.64. The summed E-state index contributed by atoms with van der Waals surface area (Å²) >= 11 is 0. The molecular weight excluding hydrogens is 450 g/mol. The van der Waals surface area contributed by atoms with Gasteiger partial charge in [-0.05, 0) is 66.6 Å². The first-order valence-corrected chi connectivity index (χ1v) is 10.8. The number of Topliss-reactive ketones (excluding diaryl/α,β-unsaturated/α-hetero) is 2. The average Bonchev–Trinajstić information content (AvgIpc) is 3.56. The van der Waals surface area contributed by atoms with Gasteiger partial charge in [-0.15, -0.1) is 0 Å². The average molecular weight is 473 g/mol. The van der Waals surface area contributed by atoms with Gasteiger partial charge in [0.05, 0.1) is 25.4 Å². The standard InChI is InChI=1S/C27H23NO7/c1-4-19(27(31)22-6-5-11-33-22)26(30)21-14-24-23(34-15-35-24)13-20(21)16(2)12-25(29)28-17-7-9-18(32-3)10-8-17/h4-11,13-14H,2,12,15H2,1,3H3,(H,28,29). The van der Waals surface area contributed by atoms with Crippen LogP contribution in [0.1, 0.15) is 39.8 Å². The van der Waals surface area contributed by atoms with Crippen LogP contribution in [0.25, 0.3) is 5.57 Å². The van der Waals surface area contributed by atoms with E-state index in [0.717, 1.165) is 0 Å². The largest absolute Gasteiger partial charge is 0.497 e. The van der Waals surface area contributed by atoms with Crippen molar-refractivity contribution in [2.75, 3.05) is 19.2 Å². The molecule has 8 nitrogen and oxygen atoms in total. The minimum Gasteiger partial charge on any atom is -0.497 e. The van der Waals surface area contributed by atoms with E-state index in [9.17, 15) is 14.4 Å². The second kappa shape index (κ2) is 10.1. The Kier molecular flexibility index (Phi) is 6.82. The number of ketones is 2. The van der Waals surface area contributed by atoms with Gasteiger partial charge >= 0.3 is 0 Å². The highest BCUT2D eigenvalue weighted by molar-refractivity contribution is 6.31. The number of fused-ring (bicyclic) bond motifs is 1. The Hall–Kier alpha value is -4.59. The van der Waals surface area contributed by atoms with Crippen molar-refractivity contribution in [1.82, 2.24) is 0 Å². The Morgan fingerprint density at radius 2 is 1.71 bits per heavy atom. The number of nitrogens with one attached hydrogen (secondary N) is 1. The van der Waals surface area contributed by atoms with Crippen molar-refractivity contribution in [2.24, 2.45) is 0 Å². The van der Waals surface area contributed by atoms with Crippen LogP contribution in [0.3, 0.4) is 0 Å².